The molecule has 0 saturated carbocycles. The summed E-state index contributed by atoms with van der Waals surface area (Å²) in [7, 11) is 2.09. The van der Waals surface area contributed by atoms with Crippen molar-refractivity contribution in [1.82, 2.24) is 9.88 Å². The summed E-state index contributed by atoms with van der Waals surface area (Å²) in [5, 5.41) is 0.546. The minimum Gasteiger partial charge on any atom is -0.298 e. The highest BCUT2D eigenvalue weighted by molar-refractivity contribution is 9.10. The van der Waals surface area contributed by atoms with Crippen LogP contribution >= 0.6 is 27.5 Å². The molecule has 0 unspecified atom stereocenters. The van der Waals surface area contributed by atoms with Gasteiger partial charge in [0.05, 0.1) is 0 Å². The van der Waals surface area contributed by atoms with Gasteiger partial charge in [0.2, 0.25) is 0 Å². The molecule has 0 aliphatic heterocycles. The van der Waals surface area contributed by atoms with E-state index < -0.39 is 0 Å². The van der Waals surface area contributed by atoms with E-state index in [1.54, 1.807) is 6.20 Å². The van der Waals surface area contributed by atoms with Gasteiger partial charge < -0.3 is 0 Å². The summed E-state index contributed by atoms with van der Waals surface area (Å²) in [5.74, 6) is 0. The van der Waals surface area contributed by atoms with Gasteiger partial charge in [0.15, 0.2) is 0 Å². The molecule has 2 aromatic rings. The maximum Gasteiger partial charge on any atom is 0.129 e. The Balaban J connectivity index is 1.96. The molecule has 0 N–H and O–H groups in total. The van der Waals surface area contributed by atoms with Gasteiger partial charge in [0, 0.05) is 23.8 Å². The number of pyridine rings is 1. The molecule has 18 heavy (non-hydrogen) atoms. The number of benzene rings is 1. The van der Waals surface area contributed by atoms with Crippen molar-refractivity contribution < 1.29 is 0 Å². The van der Waals surface area contributed by atoms with E-state index in [1.165, 1.54) is 11.1 Å². The zero-order valence-corrected chi connectivity index (χ0v) is 12.4. The first-order valence-corrected chi connectivity index (χ1v) is 6.84. The van der Waals surface area contributed by atoms with E-state index in [0.29, 0.717) is 5.15 Å². The highest BCUT2D eigenvalue weighted by Crippen LogP contribution is 2.14. The van der Waals surface area contributed by atoms with Gasteiger partial charge in [0.1, 0.15) is 5.15 Å². The minimum absolute atomic E-state index is 0.546. The second-order valence-electron chi connectivity index (χ2n) is 4.29. The summed E-state index contributed by atoms with van der Waals surface area (Å²) in [6, 6.07) is 12.3. The Morgan fingerprint density at radius 1 is 1.11 bits per heavy atom. The standard InChI is InChI=1S/C14H14BrClN2/c1-18(9-11-2-4-13(15)5-3-11)10-12-6-7-17-14(16)8-12/h2-8H,9-10H2,1H3. The number of hydrogen-bond acceptors (Lipinski definition) is 2. The molecule has 1 aromatic heterocycles. The summed E-state index contributed by atoms with van der Waals surface area (Å²) in [5.41, 5.74) is 2.47. The molecule has 0 atom stereocenters. The van der Waals surface area contributed by atoms with Gasteiger partial charge in [-0.15, -0.1) is 0 Å². The van der Waals surface area contributed by atoms with Crippen LogP contribution in [0.1, 0.15) is 11.1 Å². The number of hydrogen-bond donors (Lipinski definition) is 0. The largest absolute Gasteiger partial charge is 0.298 e. The van der Waals surface area contributed by atoms with Crippen LogP contribution < -0.4 is 0 Å². The summed E-state index contributed by atoms with van der Waals surface area (Å²) < 4.78 is 1.11. The number of halogens is 2. The Morgan fingerprint density at radius 3 is 2.44 bits per heavy atom. The van der Waals surface area contributed by atoms with E-state index in [-0.39, 0.29) is 0 Å². The molecule has 94 valence electrons. The topological polar surface area (TPSA) is 16.1 Å². The van der Waals surface area contributed by atoms with E-state index in [0.717, 1.165) is 17.6 Å². The highest BCUT2D eigenvalue weighted by Gasteiger charge is 2.02. The third-order valence-corrected chi connectivity index (χ3v) is 3.34. The molecule has 0 bridgehead atoms. The molecule has 0 aliphatic rings. The van der Waals surface area contributed by atoms with Crippen molar-refractivity contribution in [2.75, 3.05) is 7.05 Å². The van der Waals surface area contributed by atoms with Crippen molar-refractivity contribution >= 4 is 27.5 Å². The monoisotopic (exact) mass is 324 g/mol. The molecule has 0 spiro atoms. The highest BCUT2D eigenvalue weighted by atomic mass is 79.9. The fraction of sp³-hybridized carbons (Fsp3) is 0.214. The molecular weight excluding hydrogens is 312 g/mol. The van der Waals surface area contributed by atoms with Gasteiger partial charge in [-0.2, -0.15) is 0 Å². The molecule has 0 fully saturated rings. The fourth-order valence-electron chi connectivity index (χ4n) is 1.81. The first-order chi connectivity index (χ1) is 8.63. The van der Waals surface area contributed by atoms with Crippen LogP contribution in [0.25, 0.3) is 0 Å². The van der Waals surface area contributed by atoms with Gasteiger partial charge in [-0.3, -0.25) is 4.90 Å². The smallest absolute Gasteiger partial charge is 0.129 e. The lowest BCUT2D eigenvalue weighted by molar-refractivity contribution is 0.319. The molecule has 0 saturated heterocycles. The van der Waals surface area contributed by atoms with Gasteiger partial charge in [-0.25, -0.2) is 4.98 Å². The summed E-state index contributed by atoms with van der Waals surface area (Å²) in [4.78, 5) is 6.23. The van der Waals surface area contributed by atoms with E-state index in [2.05, 4.69) is 57.1 Å². The fourth-order valence-corrected chi connectivity index (χ4v) is 2.27. The normalized spacial score (nSPS) is 10.9. The van der Waals surface area contributed by atoms with Crippen LogP contribution in [0.4, 0.5) is 0 Å². The third-order valence-electron chi connectivity index (χ3n) is 2.61. The second kappa shape index (κ2) is 6.32. The Kier molecular flexibility index (Phi) is 4.75. The van der Waals surface area contributed by atoms with Crippen LogP contribution in [-0.4, -0.2) is 16.9 Å². The summed E-state index contributed by atoms with van der Waals surface area (Å²) >= 11 is 9.31. The SMILES string of the molecule is CN(Cc1ccc(Br)cc1)Cc1ccnc(Cl)c1. The maximum atomic E-state index is 5.87. The van der Waals surface area contributed by atoms with E-state index >= 15 is 0 Å². The minimum atomic E-state index is 0.546. The summed E-state index contributed by atoms with van der Waals surface area (Å²) in [6.07, 6.45) is 1.74. The Hall–Kier alpha value is -0.900. The van der Waals surface area contributed by atoms with Crippen LogP contribution in [-0.2, 0) is 13.1 Å². The average molecular weight is 326 g/mol. The lowest BCUT2D eigenvalue weighted by Crippen LogP contribution is -2.17. The van der Waals surface area contributed by atoms with Crippen molar-refractivity contribution in [2.24, 2.45) is 0 Å². The van der Waals surface area contributed by atoms with E-state index in [1.807, 2.05) is 12.1 Å². The molecule has 2 nitrogen and oxygen atoms in total. The molecule has 0 radical (unpaired) electrons. The lowest BCUT2D eigenvalue weighted by Gasteiger charge is -2.16. The van der Waals surface area contributed by atoms with E-state index in [9.17, 15) is 0 Å². The molecular formula is C14H14BrClN2. The van der Waals surface area contributed by atoms with Gasteiger partial charge in [0.25, 0.3) is 0 Å². The zero-order valence-electron chi connectivity index (χ0n) is 10.1. The van der Waals surface area contributed by atoms with Crippen molar-refractivity contribution in [1.29, 1.82) is 0 Å². The molecule has 2 rings (SSSR count). The van der Waals surface area contributed by atoms with Crippen molar-refractivity contribution in [3.8, 4) is 0 Å². The van der Waals surface area contributed by atoms with Crippen LogP contribution in [0, 0.1) is 0 Å². The second-order valence-corrected chi connectivity index (χ2v) is 5.59. The quantitative estimate of drug-likeness (QED) is 0.786. The maximum absolute atomic E-state index is 5.87. The van der Waals surface area contributed by atoms with Gasteiger partial charge in [-0.05, 0) is 42.4 Å². The third kappa shape index (κ3) is 4.09. The van der Waals surface area contributed by atoms with Crippen LogP contribution in [0.2, 0.25) is 5.15 Å². The Labute approximate surface area is 121 Å². The zero-order chi connectivity index (χ0) is 13.0. The van der Waals surface area contributed by atoms with Crippen molar-refractivity contribution in [3.05, 3.63) is 63.3 Å². The lowest BCUT2D eigenvalue weighted by atomic mass is 10.2. The Bertz CT molecular complexity index is 513. The van der Waals surface area contributed by atoms with Gasteiger partial charge >= 0.3 is 0 Å². The predicted molar refractivity (Wildman–Crippen MR) is 78.6 cm³/mol. The predicted octanol–water partition coefficient (Wildman–Crippen LogP) is 4.13. The number of nitrogens with zero attached hydrogens (tertiary/aromatic N) is 2. The molecule has 0 amide bonds. The van der Waals surface area contributed by atoms with Crippen LogP contribution in [0.5, 0.6) is 0 Å². The molecule has 4 heteroatoms. The first kappa shape index (κ1) is 13.5. The summed E-state index contributed by atoms with van der Waals surface area (Å²) in [6.45, 7) is 1.77. The van der Waals surface area contributed by atoms with E-state index in [4.69, 9.17) is 11.6 Å². The first-order valence-electron chi connectivity index (χ1n) is 5.67. The molecule has 1 heterocycles. The van der Waals surface area contributed by atoms with Crippen LogP contribution in [0.15, 0.2) is 47.1 Å². The Morgan fingerprint density at radius 2 is 1.78 bits per heavy atom. The molecule has 0 aliphatic carbocycles. The van der Waals surface area contributed by atoms with Crippen molar-refractivity contribution in [3.63, 3.8) is 0 Å². The van der Waals surface area contributed by atoms with Crippen molar-refractivity contribution in [2.45, 2.75) is 13.1 Å². The number of rotatable bonds is 4. The van der Waals surface area contributed by atoms with Gasteiger partial charge in [-0.1, -0.05) is 39.7 Å². The molecule has 1 aromatic carbocycles. The number of aromatic nitrogens is 1. The van der Waals surface area contributed by atoms with Crippen LogP contribution in [0.3, 0.4) is 0 Å². The average Bonchev–Trinajstić information content (AvgIpc) is 2.32.